The van der Waals surface area contributed by atoms with E-state index in [1.54, 1.807) is 0 Å². The first-order valence-corrected chi connectivity index (χ1v) is 11.6. The highest BCUT2D eigenvalue weighted by Gasteiger charge is 2.46. The molecule has 0 aromatic carbocycles. The number of aromatic nitrogens is 3. The third-order valence-corrected chi connectivity index (χ3v) is 7.18. The van der Waals surface area contributed by atoms with E-state index in [0.29, 0.717) is 70.4 Å². The third-order valence-electron chi connectivity index (χ3n) is 3.70. The Morgan fingerprint density at radius 1 is 0.786 bits per heavy atom. The number of nitrogens with zero attached hydrogens (tertiary/aromatic N) is 3. The fraction of sp³-hybridized carbons (Fsp3) is 0.812. The van der Waals surface area contributed by atoms with E-state index in [1.165, 1.54) is 0 Å². The van der Waals surface area contributed by atoms with E-state index in [1.807, 2.05) is 27.7 Å². The van der Waals surface area contributed by atoms with Gasteiger partial charge in [-0.25, -0.2) is 0 Å². The zero-order valence-corrected chi connectivity index (χ0v) is 18.5. The molecule has 0 fully saturated rings. The van der Waals surface area contributed by atoms with Gasteiger partial charge >= 0.3 is 8.80 Å². The van der Waals surface area contributed by atoms with Crippen LogP contribution in [0.25, 0.3) is 0 Å². The molecular weight excluding hydrogens is 380 g/mol. The van der Waals surface area contributed by atoms with Gasteiger partial charge in [0.05, 0.1) is 0 Å². The van der Waals surface area contributed by atoms with Crippen molar-refractivity contribution in [2.24, 2.45) is 11.5 Å². The standard InChI is InChI=1S/C16H36N8O3Si/c1-5-25-28(26-6-2,27-7-3)13(4)12-21-16-23-14(19-10-8-17)22-15(24-16)20-11-9-18/h13H,5-12,17-18H2,1-4H3,(H3,19,20,21,22,23,24). The smallest absolute Gasteiger partial charge is 0.374 e. The fourth-order valence-electron chi connectivity index (χ4n) is 2.51. The largest absolute Gasteiger partial charge is 0.505 e. The Balaban J connectivity index is 2.91. The van der Waals surface area contributed by atoms with Crippen LogP contribution < -0.4 is 27.4 Å². The lowest BCUT2D eigenvalue weighted by molar-refractivity contribution is 0.0636. The van der Waals surface area contributed by atoms with Gasteiger partial charge < -0.3 is 40.7 Å². The van der Waals surface area contributed by atoms with Crippen LogP contribution in [0, 0.1) is 0 Å². The minimum Gasteiger partial charge on any atom is -0.374 e. The fourth-order valence-corrected chi connectivity index (χ4v) is 5.17. The van der Waals surface area contributed by atoms with Crippen LogP contribution in [0.3, 0.4) is 0 Å². The van der Waals surface area contributed by atoms with Crippen LogP contribution >= 0.6 is 0 Å². The summed E-state index contributed by atoms with van der Waals surface area (Å²) in [6.07, 6.45) is 0. The molecular formula is C16H36N8O3Si. The molecule has 0 saturated heterocycles. The van der Waals surface area contributed by atoms with Crippen molar-refractivity contribution >= 4 is 26.6 Å². The van der Waals surface area contributed by atoms with Gasteiger partial charge in [-0.15, -0.1) is 0 Å². The van der Waals surface area contributed by atoms with E-state index in [9.17, 15) is 0 Å². The lowest BCUT2D eigenvalue weighted by Gasteiger charge is -2.33. The summed E-state index contributed by atoms with van der Waals surface area (Å²) in [7, 11) is -2.82. The molecule has 1 atom stereocenters. The van der Waals surface area contributed by atoms with E-state index in [2.05, 4.69) is 30.9 Å². The molecule has 28 heavy (non-hydrogen) atoms. The number of nitrogens with two attached hydrogens (primary N) is 2. The van der Waals surface area contributed by atoms with Gasteiger partial charge in [0.2, 0.25) is 17.8 Å². The summed E-state index contributed by atoms with van der Waals surface area (Å²) in [5, 5.41) is 9.38. The summed E-state index contributed by atoms with van der Waals surface area (Å²) in [6, 6.07) is 0. The van der Waals surface area contributed by atoms with E-state index in [0.717, 1.165) is 0 Å². The highest BCUT2D eigenvalue weighted by atomic mass is 28.4. The molecule has 0 spiro atoms. The van der Waals surface area contributed by atoms with Gasteiger partial charge in [0.1, 0.15) is 0 Å². The normalized spacial score (nSPS) is 12.6. The van der Waals surface area contributed by atoms with Gasteiger partial charge in [-0.3, -0.25) is 0 Å². The zero-order chi connectivity index (χ0) is 20.8. The molecule has 1 aromatic heterocycles. The first-order valence-electron chi connectivity index (χ1n) is 9.84. The first kappa shape index (κ1) is 24.5. The van der Waals surface area contributed by atoms with Gasteiger partial charge in [0.25, 0.3) is 0 Å². The Hall–Kier alpha value is -1.57. The van der Waals surface area contributed by atoms with Crippen molar-refractivity contribution in [2.45, 2.75) is 33.2 Å². The molecule has 1 aromatic rings. The maximum absolute atomic E-state index is 5.96. The van der Waals surface area contributed by atoms with Crippen LogP contribution in [0.5, 0.6) is 0 Å². The number of hydrogen-bond donors (Lipinski definition) is 5. The van der Waals surface area contributed by atoms with E-state index < -0.39 is 8.80 Å². The molecule has 0 aliphatic heterocycles. The van der Waals surface area contributed by atoms with Crippen molar-refractivity contribution in [1.82, 2.24) is 15.0 Å². The van der Waals surface area contributed by atoms with Crippen molar-refractivity contribution < 1.29 is 13.3 Å². The third kappa shape index (κ3) is 7.81. The SMILES string of the molecule is CCO[Si](OCC)(OCC)C(C)CNc1nc(NCCN)nc(NCCN)n1. The molecule has 1 unspecified atom stereocenters. The second kappa shape index (κ2) is 13.6. The van der Waals surface area contributed by atoms with Crippen LogP contribution in [-0.4, -0.2) is 76.3 Å². The summed E-state index contributed by atoms with van der Waals surface area (Å²) in [5.41, 5.74) is 11.1. The molecule has 7 N–H and O–H groups in total. The van der Waals surface area contributed by atoms with Gasteiger partial charge in [0, 0.05) is 58.1 Å². The highest BCUT2D eigenvalue weighted by molar-refractivity contribution is 6.62. The maximum Gasteiger partial charge on any atom is 0.505 e. The van der Waals surface area contributed by atoms with Crippen molar-refractivity contribution in [3.8, 4) is 0 Å². The van der Waals surface area contributed by atoms with E-state index in [-0.39, 0.29) is 5.54 Å². The predicted octanol–water partition coefficient (Wildman–Crippen LogP) is 0.463. The summed E-state index contributed by atoms with van der Waals surface area (Å²) in [6.45, 7) is 12.1. The molecule has 1 heterocycles. The van der Waals surface area contributed by atoms with Gasteiger partial charge in [-0.1, -0.05) is 6.92 Å². The van der Waals surface area contributed by atoms with Crippen LogP contribution in [0.1, 0.15) is 27.7 Å². The Morgan fingerprint density at radius 2 is 1.18 bits per heavy atom. The highest BCUT2D eigenvalue weighted by Crippen LogP contribution is 2.26. The summed E-state index contributed by atoms with van der Waals surface area (Å²) in [5.74, 6) is 1.32. The minimum absolute atomic E-state index is 0.00465. The number of nitrogens with one attached hydrogen (secondary N) is 3. The number of hydrogen-bond acceptors (Lipinski definition) is 11. The lowest BCUT2D eigenvalue weighted by atomic mass is 10.5. The van der Waals surface area contributed by atoms with Crippen molar-refractivity contribution in [3.63, 3.8) is 0 Å². The van der Waals surface area contributed by atoms with Crippen molar-refractivity contribution in [2.75, 3.05) is 68.5 Å². The molecule has 11 nitrogen and oxygen atoms in total. The molecule has 162 valence electrons. The van der Waals surface area contributed by atoms with Crippen LogP contribution in [-0.2, 0) is 13.3 Å². The first-order chi connectivity index (χ1) is 13.5. The van der Waals surface area contributed by atoms with Gasteiger partial charge in [-0.05, 0) is 20.8 Å². The van der Waals surface area contributed by atoms with Crippen LogP contribution in [0.4, 0.5) is 17.8 Å². The molecule has 12 heteroatoms. The van der Waals surface area contributed by atoms with E-state index in [4.69, 9.17) is 24.7 Å². The average Bonchev–Trinajstić information content (AvgIpc) is 2.69. The second-order valence-electron chi connectivity index (χ2n) is 5.92. The topological polar surface area (TPSA) is 154 Å². The lowest BCUT2D eigenvalue weighted by Crippen LogP contribution is -2.51. The second-order valence-corrected chi connectivity index (χ2v) is 8.98. The predicted molar refractivity (Wildman–Crippen MR) is 113 cm³/mol. The van der Waals surface area contributed by atoms with Crippen LogP contribution in [0.15, 0.2) is 0 Å². The molecule has 1 rings (SSSR count). The number of anilines is 3. The Bertz CT molecular complexity index is 511. The average molecular weight is 417 g/mol. The Labute approximate surface area is 168 Å². The molecule has 0 bridgehead atoms. The molecule has 0 aliphatic carbocycles. The quantitative estimate of drug-likeness (QED) is 0.239. The van der Waals surface area contributed by atoms with Crippen molar-refractivity contribution in [3.05, 3.63) is 0 Å². The summed E-state index contributed by atoms with van der Waals surface area (Å²) in [4.78, 5) is 13.1. The minimum atomic E-state index is -2.82. The molecule has 0 aliphatic rings. The van der Waals surface area contributed by atoms with E-state index >= 15 is 0 Å². The molecule has 0 saturated carbocycles. The van der Waals surface area contributed by atoms with Gasteiger partial charge in [-0.2, -0.15) is 15.0 Å². The maximum atomic E-state index is 5.96. The molecule has 0 amide bonds. The number of rotatable bonds is 16. The Kier molecular flexibility index (Phi) is 11.9. The van der Waals surface area contributed by atoms with Crippen LogP contribution in [0.2, 0.25) is 5.54 Å². The monoisotopic (exact) mass is 416 g/mol. The zero-order valence-electron chi connectivity index (χ0n) is 17.5. The molecule has 0 radical (unpaired) electrons. The van der Waals surface area contributed by atoms with Crippen molar-refractivity contribution in [1.29, 1.82) is 0 Å². The Morgan fingerprint density at radius 3 is 1.54 bits per heavy atom. The summed E-state index contributed by atoms with van der Waals surface area (Å²) >= 11 is 0. The summed E-state index contributed by atoms with van der Waals surface area (Å²) < 4.78 is 17.9. The van der Waals surface area contributed by atoms with Gasteiger partial charge in [0.15, 0.2) is 0 Å².